The van der Waals surface area contributed by atoms with Gasteiger partial charge in [0.25, 0.3) is 5.91 Å². The summed E-state index contributed by atoms with van der Waals surface area (Å²) in [7, 11) is 0. The first-order valence-corrected chi connectivity index (χ1v) is 5.52. The Labute approximate surface area is 104 Å². The van der Waals surface area contributed by atoms with Gasteiger partial charge >= 0.3 is 5.69 Å². The zero-order valence-corrected chi connectivity index (χ0v) is 9.97. The Kier molecular flexibility index (Phi) is 5.06. The summed E-state index contributed by atoms with van der Waals surface area (Å²) in [5.41, 5.74) is -0.228. The summed E-state index contributed by atoms with van der Waals surface area (Å²) in [5.74, 6) is -0.891. The third kappa shape index (κ3) is 3.70. The van der Waals surface area contributed by atoms with Crippen molar-refractivity contribution in [2.45, 2.75) is 6.92 Å². The molecule has 7 heteroatoms. The number of likely N-dealkylation sites (N-methyl/N-ethyl adjacent to an activating group) is 1. The van der Waals surface area contributed by atoms with Gasteiger partial charge in [0.1, 0.15) is 0 Å². The van der Waals surface area contributed by atoms with Crippen LogP contribution in [0, 0.1) is 10.1 Å². The molecule has 0 bridgehead atoms. The maximum Gasteiger partial charge on any atom is 0.310 e. The number of aromatic hydroxyl groups is 1. The van der Waals surface area contributed by atoms with Gasteiger partial charge in [-0.3, -0.25) is 14.9 Å². The van der Waals surface area contributed by atoms with Crippen molar-refractivity contribution in [2.75, 3.05) is 19.6 Å². The first-order chi connectivity index (χ1) is 8.56. The van der Waals surface area contributed by atoms with Crippen molar-refractivity contribution in [1.82, 2.24) is 10.6 Å². The molecule has 1 aromatic carbocycles. The lowest BCUT2D eigenvalue weighted by molar-refractivity contribution is -0.385. The number of carbonyl (C=O) groups excluding carboxylic acids is 1. The van der Waals surface area contributed by atoms with Gasteiger partial charge in [-0.2, -0.15) is 0 Å². The Balaban J connectivity index is 2.64. The van der Waals surface area contributed by atoms with Crippen LogP contribution in [0.25, 0.3) is 0 Å². The Morgan fingerprint density at radius 1 is 1.44 bits per heavy atom. The fourth-order valence-electron chi connectivity index (χ4n) is 1.36. The van der Waals surface area contributed by atoms with E-state index in [1.54, 1.807) is 0 Å². The molecule has 1 aromatic rings. The summed E-state index contributed by atoms with van der Waals surface area (Å²) in [6.45, 7) is 3.86. The number of nitro benzene ring substituents is 1. The van der Waals surface area contributed by atoms with Gasteiger partial charge in [0.05, 0.1) is 4.92 Å². The zero-order valence-electron chi connectivity index (χ0n) is 9.97. The van der Waals surface area contributed by atoms with Crippen molar-refractivity contribution in [1.29, 1.82) is 0 Å². The molecule has 0 unspecified atom stereocenters. The first kappa shape index (κ1) is 13.9. The zero-order chi connectivity index (χ0) is 13.5. The fraction of sp³-hybridized carbons (Fsp3) is 0.364. The highest BCUT2D eigenvalue weighted by molar-refractivity contribution is 5.95. The number of nitrogens with one attached hydrogen (secondary N) is 2. The van der Waals surface area contributed by atoms with Crippen molar-refractivity contribution in [2.24, 2.45) is 0 Å². The quantitative estimate of drug-likeness (QED) is 0.392. The molecule has 0 saturated carbocycles. The summed E-state index contributed by atoms with van der Waals surface area (Å²) in [4.78, 5) is 21.4. The Hall–Kier alpha value is -2.15. The van der Waals surface area contributed by atoms with E-state index in [1.165, 1.54) is 6.07 Å². The molecule has 1 rings (SSSR count). The minimum absolute atomic E-state index is 0.189. The normalized spacial score (nSPS) is 10.1. The van der Waals surface area contributed by atoms with E-state index in [0.717, 1.165) is 18.7 Å². The van der Waals surface area contributed by atoms with E-state index in [4.69, 9.17) is 0 Å². The molecule has 98 valence electrons. The third-order valence-electron chi connectivity index (χ3n) is 2.27. The van der Waals surface area contributed by atoms with Crippen LogP contribution in [0.4, 0.5) is 5.69 Å². The van der Waals surface area contributed by atoms with Crippen LogP contribution in [0.2, 0.25) is 0 Å². The van der Waals surface area contributed by atoms with Crippen molar-refractivity contribution in [3.05, 3.63) is 33.9 Å². The molecule has 18 heavy (non-hydrogen) atoms. The van der Waals surface area contributed by atoms with E-state index in [1.807, 2.05) is 6.92 Å². The number of rotatable bonds is 6. The van der Waals surface area contributed by atoms with E-state index in [9.17, 15) is 20.0 Å². The Bertz CT molecular complexity index is 448. The van der Waals surface area contributed by atoms with Gasteiger partial charge < -0.3 is 15.7 Å². The largest absolute Gasteiger partial charge is 0.502 e. The molecule has 3 N–H and O–H groups in total. The summed E-state index contributed by atoms with van der Waals surface area (Å²) < 4.78 is 0. The van der Waals surface area contributed by atoms with E-state index >= 15 is 0 Å². The third-order valence-corrected chi connectivity index (χ3v) is 2.27. The highest BCUT2D eigenvalue weighted by atomic mass is 16.6. The molecule has 1 amide bonds. The second-order valence-corrected chi connectivity index (χ2v) is 3.57. The molecular formula is C11H15N3O4. The van der Waals surface area contributed by atoms with Crippen molar-refractivity contribution >= 4 is 11.6 Å². The maximum atomic E-state index is 11.6. The molecule has 0 aliphatic rings. The highest BCUT2D eigenvalue weighted by Crippen LogP contribution is 2.25. The molecule has 0 heterocycles. The SMILES string of the molecule is CCNCCNC(=O)c1ccc([N+](=O)[O-])c(O)c1. The smallest absolute Gasteiger partial charge is 0.310 e. The summed E-state index contributed by atoms with van der Waals surface area (Å²) in [6, 6.07) is 3.50. The van der Waals surface area contributed by atoms with Gasteiger partial charge in [-0.15, -0.1) is 0 Å². The highest BCUT2D eigenvalue weighted by Gasteiger charge is 2.15. The van der Waals surface area contributed by atoms with E-state index in [0.29, 0.717) is 13.1 Å². The van der Waals surface area contributed by atoms with Crippen LogP contribution in [0.15, 0.2) is 18.2 Å². The van der Waals surface area contributed by atoms with Crippen LogP contribution in [0.1, 0.15) is 17.3 Å². The van der Waals surface area contributed by atoms with Crippen LogP contribution in [0.3, 0.4) is 0 Å². The molecule has 0 aliphatic heterocycles. The second kappa shape index (κ2) is 6.55. The molecule has 0 aromatic heterocycles. The van der Waals surface area contributed by atoms with Crippen molar-refractivity contribution in [3.8, 4) is 5.75 Å². The number of carbonyl (C=O) groups is 1. The van der Waals surface area contributed by atoms with Crippen LogP contribution in [-0.2, 0) is 0 Å². The fourth-order valence-corrected chi connectivity index (χ4v) is 1.36. The Morgan fingerprint density at radius 3 is 2.72 bits per heavy atom. The number of amides is 1. The lowest BCUT2D eigenvalue weighted by Gasteiger charge is -2.06. The maximum absolute atomic E-state index is 11.6. The molecule has 0 aliphatic carbocycles. The Morgan fingerprint density at radius 2 is 2.17 bits per heavy atom. The average molecular weight is 253 g/mol. The van der Waals surface area contributed by atoms with Crippen LogP contribution in [-0.4, -0.2) is 35.6 Å². The number of benzene rings is 1. The number of nitrogens with zero attached hydrogens (tertiary/aromatic N) is 1. The van der Waals surface area contributed by atoms with E-state index in [-0.39, 0.29) is 11.5 Å². The standard InChI is InChI=1S/C11H15N3O4/c1-2-12-5-6-13-11(16)8-3-4-9(14(17)18)10(15)7-8/h3-4,7,12,15H,2,5-6H2,1H3,(H,13,16). The summed E-state index contributed by atoms with van der Waals surface area (Å²) in [5, 5.41) is 25.5. The monoisotopic (exact) mass is 253 g/mol. The van der Waals surface area contributed by atoms with Crippen LogP contribution >= 0.6 is 0 Å². The molecule has 0 fully saturated rings. The average Bonchev–Trinajstić information content (AvgIpc) is 2.33. The molecule has 0 spiro atoms. The number of phenols is 1. The predicted molar refractivity (Wildman–Crippen MR) is 65.6 cm³/mol. The molecular weight excluding hydrogens is 238 g/mol. The molecule has 0 saturated heterocycles. The molecule has 0 radical (unpaired) electrons. The van der Waals surface area contributed by atoms with Gasteiger partial charge in [0, 0.05) is 24.7 Å². The van der Waals surface area contributed by atoms with Gasteiger partial charge in [0.15, 0.2) is 5.75 Å². The minimum Gasteiger partial charge on any atom is -0.502 e. The second-order valence-electron chi connectivity index (χ2n) is 3.57. The van der Waals surface area contributed by atoms with Gasteiger partial charge in [0.2, 0.25) is 0 Å². The summed E-state index contributed by atoms with van der Waals surface area (Å²) in [6.07, 6.45) is 0. The minimum atomic E-state index is -0.706. The number of nitro groups is 1. The van der Waals surface area contributed by atoms with Gasteiger partial charge in [-0.1, -0.05) is 6.92 Å². The number of hydrogen-bond acceptors (Lipinski definition) is 5. The van der Waals surface area contributed by atoms with Crippen LogP contribution < -0.4 is 10.6 Å². The van der Waals surface area contributed by atoms with Crippen molar-refractivity contribution < 1.29 is 14.8 Å². The first-order valence-electron chi connectivity index (χ1n) is 5.52. The van der Waals surface area contributed by atoms with Gasteiger partial charge in [-0.25, -0.2) is 0 Å². The number of phenolic OH excluding ortho intramolecular Hbond substituents is 1. The molecule has 0 atom stereocenters. The predicted octanol–water partition coefficient (Wildman–Crippen LogP) is 0.640. The molecule has 7 nitrogen and oxygen atoms in total. The lowest BCUT2D eigenvalue weighted by Crippen LogP contribution is -2.31. The van der Waals surface area contributed by atoms with Crippen LogP contribution in [0.5, 0.6) is 5.75 Å². The lowest BCUT2D eigenvalue weighted by atomic mass is 10.2. The van der Waals surface area contributed by atoms with E-state index < -0.39 is 16.4 Å². The van der Waals surface area contributed by atoms with Gasteiger partial charge in [-0.05, 0) is 18.7 Å². The van der Waals surface area contributed by atoms with E-state index in [2.05, 4.69) is 10.6 Å². The number of hydrogen-bond donors (Lipinski definition) is 3. The van der Waals surface area contributed by atoms with Crippen molar-refractivity contribution in [3.63, 3.8) is 0 Å². The summed E-state index contributed by atoms with van der Waals surface area (Å²) >= 11 is 0. The topological polar surface area (TPSA) is 104 Å².